The number of hydrogen-bond donors (Lipinski definition) is 2. The second-order valence-electron chi connectivity index (χ2n) is 3.81. The zero-order valence-electron chi connectivity index (χ0n) is 9.60. The molecule has 0 amide bonds. The number of para-hydroxylation sites is 1. The molecule has 0 aliphatic carbocycles. The lowest BCUT2D eigenvalue weighted by molar-refractivity contribution is 0.238. The van der Waals surface area contributed by atoms with Crippen molar-refractivity contribution in [1.29, 1.82) is 0 Å². The van der Waals surface area contributed by atoms with E-state index in [-0.39, 0.29) is 0 Å². The van der Waals surface area contributed by atoms with Crippen molar-refractivity contribution in [2.24, 2.45) is 0 Å². The van der Waals surface area contributed by atoms with Crippen LogP contribution in [0.4, 0.5) is 5.69 Å². The average Bonchev–Trinajstić information content (AvgIpc) is 2.38. The fourth-order valence-corrected chi connectivity index (χ4v) is 1.61. The molecule has 2 aromatic rings. The maximum absolute atomic E-state index is 9.91. The summed E-state index contributed by atoms with van der Waals surface area (Å²) in [5.74, 6) is 5.63. The third kappa shape index (κ3) is 3.04. The van der Waals surface area contributed by atoms with E-state index in [0.29, 0.717) is 21.8 Å². The lowest BCUT2D eigenvalue weighted by Crippen LogP contribution is -1.94. The fourth-order valence-electron chi connectivity index (χ4n) is 1.49. The molecule has 2 aromatic carbocycles. The van der Waals surface area contributed by atoms with E-state index in [1.165, 1.54) is 0 Å². The van der Waals surface area contributed by atoms with Crippen LogP contribution in [0.15, 0.2) is 48.5 Å². The fraction of sp³-hybridized carbons (Fsp3) is 0.0667. The van der Waals surface area contributed by atoms with E-state index in [4.69, 9.17) is 17.3 Å². The zero-order valence-corrected chi connectivity index (χ0v) is 10.4. The predicted octanol–water partition coefficient (Wildman–Crippen LogP) is 3.01. The Kier molecular flexibility index (Phi) is 3.88. The van der Waals surface area contributed by atoms with Gasteiger partial charge in [-0.05, 0) is 29.8 Å². The number of anilines is 1. The van der Waals surface area contributed by atoms with Crippen molar-refractivity contribution in [3.05, 3.63) is 64.7 Å². The van der Waals surface area contributed by atoms with Crippen LogP contribution in [0.5, 0.6) is 0 Å². The van der Waals surface area contributed by atoms with Crippen molar-refractivity contribution in [2.75, 3.05) is 5.73 Å². The van der Waals surface area contributed by atoms with Crippen LogP contribution in [-0.4, -0.2) is 5.11 Å². The first-order chi connectivity index (χ1) is 8.66. The highest BCUT2D eigenvalue weighted by Crippen LogP contribution is 2.16. The molecule has 0 saturated heterocycles. The quantitative estimate of drug-likeness (QED) is 0.609. The number of aliphatic hydroxyl groups is 1. The average molecular weight is 258 g/mol. The maximum atomic E-state index is 9.91. The Bertz CT molecular complexity index is 596. The Hall–Kier alpha value is -1.95. The van der Waals surface area contributed by atoms with Gasteiger partial charge in [-0.2, -0.15) is 0 Å². The van der Waals surface area contributed by atoms with Gasteiger partial charge in [0.1, 0.15) is 6.10 Å². The molecule has 0 fully saturated rings. The SMILES string of the molecule is Nc1ccccc1C#CC(O)c1ccc(Cl)cc1. The van der Waals surface area contributed by atoms with Gasteiger partial charge >= 0.3 is 0 Å². The Balaban J connectivity index is 2.20. The molecule has 0 heterocycles. The maximum Gasteiger partial charge on any atom is 0.140 e. The first kappa shape index (κ1) is 12.5. The Morgan fingerprint density at radius 2 is 1.72 bits per heavy atom. The molecule has 3 N–H and O–H groups in total. The third-order valence-electron chi connectivity index (χ3n) is 2.49. The Morgan fingerprint density at radius 1 is 1.06 bits per heavy atom. The summed E-state index contributed by atoms with van der Waals surface area (Å²) in [6.45, 7) is 0. The normalized spacial score (nSPS) is 11.4. The topological polar surface area (TPSA) is 46.2 Å². The van der Waals surface area contributed by atoms with E-state index in [1.54, 1.807) is 30.3 Å². The van der Waals surface area contributed by atoms with Crippen LogP contribution < -0.4 is 5.73 Å². The molecule has 0 bridgehead atoms. The summed E-state index contributed by atoms with van der Waals surface area (Å²) >= 11 is 5.78. The molecule has 2 rings (SSSR count). The van der Waals surface area contributed by atoms with Gasteiger partial charge in [0.2, 0.25) is 0 Å². The number of hydrogen-bond acceptors (Lipinski definition) is 2. The molecule has 2 nitrogen and oxygen atoms in total. The van der Waals surface area contributed by atoms with Gasteiger partial charge in [-0.15, -0.1) is 0 Å². The summed E-state index contributed by atoms with van der Waals surface area (Å²) in [5.41, 5.74) is 7.79. The van der Waals surface area contributed by atoms with Gasteiger partial charge in [0.15, 0.2) is 0 Å². The molecule has 90 valence electrons. The molecule has 0 aromatic heterocycles. The summed E-state index contributed by atoms with van der Waals surface area (Å²) in [7, 11) is 0. The van der Waals surface area contributed by atoms with Crippen LogP contribution >= 0.6 is 11.6 Å². The number of rotatable bonds is 1. The van der Waals surface area contributed by atoms with Gasteiger partial charge in [-0.1, -0.05) is 47.7 Å². The molecule has 0 saturated carbocycles. The van der Waals surface area contributed by atoms with Crippen molar-refractivity contribution in [3.63, 3.8) is 0 Å². The molecule has 1 unspecified atom stereocenters. The summed E-state index contributed by atoms with van der Waals surface area (Å²) in [5, 5.41) is 10.5. The minimum atomic E-state index is -0.845. The molecule has 0 spiro atoms. The lowest BCUT2D eigenvalue weighted by atomic mass is 10.1. The number of nitrogen functional groups attached to an aromatic ring is 1. The summed E-state index contributed by atoms with van der Waals surface area (Å²) in [6, 6.07) is 14.2. The highest BCUT2D eigenvalue weighted by molar-refractivity contribution is 6.30. The smallest absolute Gasteiger partial charge is 0.140 e. The molecule has 18 heavy (non-hydrogen) atoms. The molecule has 0 aliphatic rings. The van der Waals surface area contributed by atoms with Gasteiger partial charge in [-0.25, -0.2) is 0 Å². The van der Waals surface area contributed by atoms with Crippen molar-refractivity contribution < 1.29 is 5.11 Å². The standard InChI is InChI=1S/C15H12ClNO/c16-13-8-5-12(6-9-13)15(18)10-7-11-3-1-2-4-14(11)17/h1-6,8-9,15,18H,17H2. The summed E-state index contributed by atoms with van der Waals surface area (Å²) in [6.07, 6.45) is -0.845. The first-order valence-corrected chi connectivity index (χ1v) is 5.84. The summed E-state index contributed by atoms with van der Waals surface area (Å²) < 4.78 is 0. The van der Waals surface area contributed by atoms with Crippen molar-refractivity contribution in [1.82, 2.24) is 0 Å². The van der Waals surface area contributed by atoms with E-state index in [2.05, 4.69) is 11.8 Å². The van der Waals surface area contributed by atoms with Crippen molar-refractivity contribution >= 4 is 17.3 Å². The monoisotopic (exact) mass is 257 g/mol. The predicted molar refractivity (Wildman–Crippen MR) is 74.1 cm³/mol. The van der Waals surface area contributed by atoms with Crippen LogP contribution in [0.25, 0.3) is 0 Å². The van der Waals surface area contributed by atoms with E-state index in [9.17, 15) is 5.11 Å². The van der Waals surface area contributed by atoms with E-state index in [1.807, 2.05) is 18.2 Å². The van der Waals surface area contributed by atoms with Crippen LogP contribution in [0.2, 0.25) is 5.02 Å². The lowest BCUT2D eigenvalue weighted by Gasteiger charge is -2.03. The minimum absolute atomic E-state index is 0.605. The Labute approximate surface area is 111 Å². The van der Waals surface area contributed by atoms with Crippen LogP contribution in [0.3, 0.4) is 0 Å². The van der Waals surface area contributed by atoms with E-state index < -0.39 is 6.10 Å². The molecule has 1 atom stereocenters. The van der Waals surface area contributed by atoms with Crippen LogP contribution in [0.1, 0.15) is 17.2 Å². The zero-order chi connectivity index (χ0) is 13.0. The largest absolute Gasteiger partial charge is 0.398 e. The summed E-state index contributed by atoms with van der Waals surface area (Å²) in [4.78, 5) is 0. The molecule has 0 radical (unpaired) electrons. The highest BCUT2D eigenvalue weighted by atomic mass is 35.5. The molecule has 0 aliphatic heterocycles. The van der Waals surface area contributed by atoms with Gasteiger partial charge in [0.25, 0.3) is 0 Å². The number of aliphatic hydroxyl groups excluding tert-OH is 1. The Morgan fingerprint density at radius 3 is 2.39 bits per heavy atom. The van der Waals surface area contributed by atoms with Crippen molar-refractivity contribution in [3.8, 4) is 11.8 Å². The van der Waals surface area contributed by atoms with Crippen LogP contribution in [0, 0.1) is 11.8 Å². The second-order valence-corrected chi connectivity index (χ2v) is 4.25. The highest BCUT2D eigenvalue weighted by Gasteiger charge is 2.02. The molecule has 3 heteroatoms. The minimum Gasteiger partial charge on any atom is -0.398 e. The van der Waals surface area contributed by atoms with Gasteiger partial charge in [-0.3, -0.25) is 0 Å². The van der Waals surface area contributed by atoms with E-state index in [0.717, 1.165) is 0 Å². The number of benzene rings is 2. The van der Waals surface area contributed by atoms with Crippen LogP contribution in [-0.2, 0) is 0 Å². The number of halogens is 1. The van der Waals surface area contributed by atoms with Gasteiger partial charge in [0, 0.05) is 16.3 Å². The van der Waals surface area contributed by atoms with Gasteiger partial charge < -0.3 is 10.8 Å². The third-order valence-corrected chi connectivity index (χ3v) is 2.74. The van der Waals surface area contributed by atoms with E-state index >= 15 is 0 Å². The second kappa shape index (κ2) is 5.59. The first-order valence-electron chi connectivity index (χ1n) is 5.46. The van der Waals surface area contributed by atoms with Crippen molar-refractivity contribution in [2.45, 2.75) is 6.10 Å². The number of nitrogens with two attached hydrogens (primary N) is 1. The molecular formula is C15H12ClNO. The van der Waals surface area contributed by atoms with Gasteiger partial charge in [0.05, 0.1) is 0 Å². The molecular weight excluding hydrogens is 246 g/mol.